The van der Waals surface area contributed by atoms with Crippen LogP contribution in [0.3, 0.4) is 0 Å². The molecule has 1 fully saturated rings. The molecule has 0 spiro atoms. The number of thiophene rings is 1. The zero-order valence-electron chi connectivity index (χ0n) is 12.3. The lowest BCUT2D eigenvalue weighted by atomic mass is 10.3. The van der Waals surface area contributed by atoms with Crippen molar-refractivity contribution in [2.45, 2.75) is 50.4 Å². The van der Waals surface area contributed by atoms with Crippen LogP contribution < -0.4 is 5.32 Å². The quantitative estimate of drug-likeness (QED) is 0.627. The Morgan fingerprint density at radius 3 is 3.00 bits per heavy atom. The number of aromatic nitrogens is 4. The lowest BCUT2D eigenvalue weighted by Gasteiger charge is -2.10. The first kappa shape index (κ1) is 15.0. The van der Waals surface area contributed by atoms with Crippen LogP contribution in [-0.2, 0) is 6.54 Å². The van der Waals surface area contributed by atoms with Crippen LogP contribution in [0.15, 0.2) is 17.3 Å². The number of thioether (sulfide) groups is 1. The summed E-state index contributed by atoms with van der Waals surface area (Å²) in [4.78, 5) is 2.77. The molecule has 0 aliphatic heterocycles. The van der Waals surface area contributed by atoms with Crippen molar-refractivity contribution in [1.29, 1.82) is 0 Å². The molecule has 2 aromatic rings. The summed E-state index contributed by atoms with van der Waals surface area (Å²) in [6.45, 7) is 4.07. The van der Waals surface area contributed by atoms with Gasteiger partial charge < -0.3 is 5.32 Å². The summed E-state index contributed by atoms with van der Waals surface area (Å²) in [6, 6.07) is 4.89. The van der Waals surface area contributed by atoms with Gasteiger partial charge in [0, 0.05) is 28.6 Å². The third-order valence-electron chi connectivity index (χ3n) is 3.74. The number of tetrazole rings is 1. The third kappa shape index (κ3) is 4.05. The van der Waals surface area contributed by atoms with Crippen LogP contribution in [0.2, 0.25) is 0 Å². The number of nitrogens with one attached hydrogen (secondary N) is 1. The Bertz CT molecular complexity index is 559. The number of aryl methyl sites for hydroxylation is 1. The zero-order chi connectivity index (χ0) is 14.5. The van der Waals surface area contributed by atoms with E-state index >= 15 is 0 Å². The van der Waals surface area contributed by atoms with Crippen LogP contribution in [0.25, 0.3) is 0 Å². The van der Waals surface area contributed by atoms with Crippen LogP contribution >= 0.6 is 23.1 Å². The SMILES string of the molecule is Cc1ccc(CNCCSc2nnnn2C2CCCC2)s1. The second-order valence-electron chi connectivity index (χ2n) is 5.38. The standard InChI is InChI=1S/C14H21N5S2/c1-11-6-7-13(21-11)10-15-8-9-20-14-16-17-18-19(14)12-4-2-3-5-12/h6-7,12,15H,2-5,8-10H2,1H3. The van der Waals surface area contributed by atoms with E-state index in [0.717, 1.165) is 24.0 Å². The Morgan fingerprint density at radius 2 is 2.24 bits per heavy atom. The second-order valence-corrected chi connectivity index (χ2v) is 7.82. The molecule has 0 saturated heterocycles. The maximum Gasteiger partial charge on any atom is 0.209 e. The van der Waals surface area contributed by atoms with E-state index in [1.54, 1.807) is 11.8 Å². The second kappa shape index (κ2) is 7.38. The van der Waals surface area contributed by atoms with Crippen molar-refractivity contribution in [2.75, 3.05) is 12.3 Å². The molecule has 0 radical (unpaired) electrons. The fraction of sp³-hybridized carbons (Fsp3) is 0.643. The minimum absolute atomic E-state index is 0.518. The van der Waals surface area contributed by atoms with Gasteiger partial charge in [-0.15, -0.1) is 16.4 Å². The van der Waals surface area contributed by atoms with Crippen molar-refractivity contribution in [3.05, 3.63) is 21.9 Å². The number of nitrogens with zero attached hydrogens (tertiary/aromatic N) is 4. The number of hydrogen-bond acceptors (Lipinski definition) is 6. The Hall–Kier alpha value is -0.920. The fourth-order valence-corrected chi connectivity index (χ4v) is 4.37. The summed E-state index contributed by atoms with van der Waals surface area (Å²) >= 11 is 3.61. The van der Waals surface area contributed by atoms with Crippen molar-refractivity contribution < 1.29 is 0 Å². The molecule has 3 rings (SSSR count). The highest BCUT2D eigenvalue weighted by Crippen LogP contribution is 2.31. The fourth-order valence-electron chi connectivity index (χ4n) is 2.66. The first-order chi connectivity index (χ1) is 10.3. The topological polar surface area (TPSA) is 55.6 Å². The molecule has 1 N–H and O–H groups in total. The Labute approximate surface area is 133 Å². The van der Waals surface area contributed by atoms with E-state index < -0.39 is 0 Å². The van der Waals surface area contributed by atoms with Gasteiger partial charge in [0.2, 0.25) is 5.16 Å². The minimum atomic E-state index is 0.518. The first-order valence-corrected chi connectivity index (χ1v) is 9.30. The average Bonchev–Trinajstić information content (AvgIpc) is 3.18. The normalized spacial score (nSPS) is 15.9. The molecule has 21 heavy (non-hydrogen) atoms. The molecule has 1 aliphatic carbocycles. The molecule has 114 valence electrons. The van der Waals surface area contributed by atoms with Gasteiger partial charge in [0.05, 0.1) is 6.04 Å². The molecule has 0 bridgehead atoms. The molecule has 1 saturated carbocycles. The van der Waals surface area contributed by atoms with E-state index in [0.29, 0.717) is 6.04 Å². The number of hydrogen-bond donors (Lipinski definition) is 1. The predicted octanol–water partition coefficient (Wildman–Crippen LogP) is 3.04. The highest BCUT2D eigenvalue weighted by atomic mass is 32.2. The van der Waals surface area contributed by atoms with Crippen LogP contribution in [0, 0.1) is 6.92 Å². The highest BCUT2D eigenvalue weighted by molar-refractivity contribution is 7.99. The molecule has 2 heterocycles. The van der Waals surface area contributed by atoms with Gasteiger partial charge in [-0.05, 0) is 42.3 Å². The summed E-state index contributed by atoms with van der Waals surface area (Å²) < 4.78 is 2.03. The molecule has 2 aromatic heterocycles. The summed E-state index contributed by atoms with van der Waals surface area (Å²) in [5.41, 5.74) is 0. The van der Waals surface area contributed by atoms with Gasteiger partial charge in [-0.1, -0.05) is 24.6 Å². The van der Waals surface area contributed by atoms with Crippen molar-refractivity contribution in [3.63, 3.8) is 0 Å². The predicted molar refractivity (Wildman–Crippen MR) is 86.8 cm³/mol. The van der Waals surface area contributed by atoms with Crippen molar-refractivity contribution in [3.8, 4) is 0 Å². The molecule has 0 unspecified atom stereocenters. The summed E-state index contributed by atoms with van der Waals surface area (Å²) in [5.74, 6) is 0.997. The largest absolute Gasteiger partial charge is 0.311 e. The van der Waals surface area contributed by atoms with E-state index in [1.165, 1.54) is 35.4 Å². The van der Waals surface area contributed by atoms with Crippen molar-refractivity contribution >= 4 is 23.1 Å². The molecular formula is C14H21N5S2. The Kier molecular flexibility index (Phi) is 5.27. The van der Waals surface area contributed by atoms with E-state index in [9.17, 15) is 0 Å². The van der Waals surface area contributed by atoms with Gasteiger partial charge in [0.1, 0.15) is 0 Å². The van der Waals surface area contributed by atoms with Gasteiger partial charge in [-0.2, -0.15) is 0 Å². The maximum absolute atomic E-state index is 4.16. The number of rotatable bonds is 7. The van der Waals surface area contributed by atoms with Crippen LogP contribution in [0.1, 0.15) is 41.5 Å². The van der Waals surface area contributed by atoms with Gasteiger partial charge in [0.15, 0.2) is 0 Å². The van der Waals surface area contributed by atoms with E-state index in [1.807, 2.05) is 16.0 Å². The molecule has 1 aliphatic rings. The van der Waals surface area contributed by atoms with Gasteiger partial charge in [-0.3, -0.25) is 0 Å². The van der Waals surface area contributed by atoms with E-state index in [-0.39, 0.29) is 0 Å². The molecule has 5 nitrogen and oxygen atoms in total. The monoisotopic (exact) mass is 323 g/mol. The lowest BCUT2D eigenvalue weighted by Crippen LogP contribution is -2.16. The highest BCUT2D eigenvalue weighted by Gasteiger charge is 2.21. The molecular weight excluding hydrogens is 302 g/mol. The summed E-state index contributed by atoms with van der Waals surface area (Å²) in [7, 11) is 0. The average molecular weight is 323 g/mol. The maximum atomic E-state index is 4.16. The van der Waals surface area contributed by atoms with Crippen LogP contribution in [0.5, 0.6) is 0 Å². The minimum Gasteiger partial charge on any atom is -0.311 e. The Morgan fingerprint density at radius 1 is 1.38 bits per heavy atom. The van der Waals surface area contributed by atoms with Gasteiger partial charge in [0.25, 0.3) is 0 Å². The van der Waals surface area contributed by atoms with E-state index in [4.69, 9.17) is 0 Å². The molecule has 0 atom stereocenters. The molecule has 0 amide bonds. The molecule has 7 heteroatoms. The van der Waals surface area contributed by atoms with Gasteiger partial charge >= 0.3 is 0 Å². The van der Waals surface area contributed by atoms with Crippen LogP contribution in [0.4, 0.5) is 0 Å². The third-order valence-corrected chi connectivity index (χ3v) is 5.67. The van der Waals surface area contributed by atoms with Crippen molar-refractivity contribution in [1.82, 2.24) is 25.5 Å². The zero-order valence-corrected chi connectivity index (χ0v) is 13.9. The molecule has 0 aromatic carbocycles. The summed E-state index contributed by atoms with van der Waals surface area (Å²) in [5, 5.41) is 16.6. The Balaban J connectivity index is 1.40. The summed E-state index contributed by atoms with van der Waals surface area (Å²) in [6.07, 6.45) is 5.04. The smallest absolute Gasteiger partial charge is 0.209 e. The van der Waals surface area contributed by atoms with Crippen molar-refractivity contribution in [2.24, 2.45) is 0 Å². The first-order valence-electron chi connectivity index (χ1n) is 7.49. The van der Waals surface area contributed by atoms with Gasteiger partial charge in [-0.25, -0.2) is 4.68 Å². The van der Waals surface area contributed by atoms with E-state index in [2.05, 4.69) is 39.9 Å². The lowest BCUT2D eigenvalue weighted by molar-refractivity contribution is 0.423. The van der Waals surface area contributed by atoms with Crippen LogP contribution in [-0.4, -0.2) is 32.5 Å².